The minimum Gasteiger partial charge on any atom is -0.395 e. The van der Waals surface area contributed by atoms with Gasteiger partial charge in [0.25, 0.3) is 0 Å². The molecule has 1 aliphatic heterocycles. The van der Waals surface area contributed by atoms with Gasteiger partial charge >= 0.3 is 0 Å². The Morgan fingerprint density at radius 3 is 2.62 bits per heavy atom. The van der Waals surface area contributed by atoms with E-state index in [0.717, 1.165) is 43.1 Å². The number of nitrogens with two attached hydrogens (primary N) is 1. The summed E-state index contributed by atoms with van der Waals surface area (Å²) in [6.07, 6.45) is 3.76. The lowest BCUT2D eigenvalue weighted by atomic mass is 9.90. The summed E-state index contributed by atoms with van der Waals surface area (Å²) in [5.41, 5.74) is 8.02. The standard InChI is InChI=1S/C21H24N4O/c22-19(14-26)16-8-11-25(12-9-16)21-23-10-7-20(24-21)18-6-5-15-3-1-2-4-17(15)13-18/h1-7,10,13,16,19,26H,8-9,11-12,14,22H2/t19-/m0/s1. The minimum atomic E-state index is -0.123. The number of benzene rings is 2. The zero-order valence-electron chi connectivity index (χ0n) is 14.8. The van der Waals surface area contributed by atoms with Crippen LogP contribution in [-0.4, -0.2) is 40.8 Å². The molecule has 5 heteroatoms. The molecule has 1 fully saturated rings. The first-order valence-corrected chi connectivity index (χ1v) is 9.18. The minimum absolute atomic E-state index is 0.0542. The largest absolute Gasteiger partial charge is 0.395 e. The van der Waals surface area contributed by atoms with Gasteiger partial charge in [-0.05, 0) is 41.7 Å². The van der Waals surface area contributed by atoms with Gasteiger partial charge in [-0.2, -0.15) is 0 Å². The van der Waals surface area contributed by atoms with E-state index in [0.29, 0.717) is 5.92 Å². The fraction of sp³-hybridized carbons (Fsp3) is 0.333. The van der Waals surface area contributed by atoms with E-state index in [4.69, 9.17) is 10.7 Å². The monoisotopic (exact) mass is 348 g/mol. The molecular weight excluding hydrogens is 324 g/mol. The highest BCUT2D eigenvalue weighted by atomic mass is 16.3. The number of hydrogen-bond donors (Lipinski definition) is 2. The van der Waals surface area contributed by atoms with Crippen molar-refractivity contribution in [1.82, 2.24) is 9.97 Å². The predicted molar refractivity (Wildman–Crippen MR) is 105 cm³/mol. The Morgan fingerprint density at radius 1 is 1.08 bits per heavy atom. The summed E-state index contributed by atoms with van der Waals surface area (Å²) in [5.74, 6) is 1.14. The number of aliphatic hydroxyl groups excluding tert-OH is 1. The predicted octanol–water partition coefficient (Wildman–Crippen LogP) is 2.83. The summed E-state index contributed by atoms with van der Waals surface area (Å²) in [5, 5.41) is 11.7. The van der Waals surface area contributed by atoms with Crippen molar-refractivity contribution in [1.29, 1.82) is 0 Å². The molecule has 0 amide bonds. The molecule has 1 aliphatic rings. The summed E-state index contributed by atoms with van der Waals surface area (Å²) < 4.78 is 0. The Hall–Kier alpha value is -2.50. The summed E-state index contributed by atoms with van der Waals surface area (Å²) in [4.78, 5) is 11.5. The number of fused-ring (bicyclic) bond motifs is 1. The van der Waals surface area contributed by atoms with Gasteiger partial charge in [-0.25, -0.2) is 9.97 Å². The fourth-order valence-electron chi connectivity index (χ4n) is 3.69. The zero-order valence-corrected chi connectivity index (χ0v) is 14.8. The number of anilines is 1. The SMILES string of the molecule is N[C@@H](CO)C1CCN(c2nccc(-c3ccc4ccccc4c3)n2)CC1. The van der Waals surface area contributed by atoms with E-state index < -0.39 is 0 Å². The highest BCUT2D eigenvalue weighted by Crippen LogP contribution is 2.26. The van der Waals surface area contributed by atoms with Crippen LogP contribution in [0.15, 0.2) is 54.7 Å². The second-order valence-electron chi connectivity index (χ2n) is 6.97. The number of rotatable bonds is 4. The molecule has 3 N–H and O–H groups in total. The van der Waals surface area contributed by atoms with Crippen LogP contribution in [0.2, 0.25) is 0 Å². The Kier molecular flexibility index (Phi) is 4.82. The third-order valence-electron chi connectivity index (χ3n) is 5.33. The molecule has 0 aliphatic carbocycles. The van der Waals surface area contributed by atoms with E-state index in [2.05, 4.69) is 52.3 Å². The van der Waals surface area contributed by atoms with Gasteiger partial charge < -0.3 is 15.7 Å². The third kappa shape index (κ3) is 3.41. The molecular formula is C21H24N4O. The van der Waals surface area contributed by atoms with Gasteiger partial charge in [0.05, 0.1) is 12.3 Å². The molecule has 2 heterocycles. The van der Waals surface area contributed by atoms with E-state index >= 15 is 0 Å². The van der Waals surface area contributed by atoms with Crippen LogP contribution in [0.5, 0.6) is 0 Å². The van der Waals surface area contributed by atoms with Crippen molar-refractivity contribution in [3.8, 4) is 11.3 Å². The number of nitrogens with zero attached hydrogens (tertiary/aromatic N) is 3. The highest BCUT2D eigenvalue weighted by Gasteiger charge is 2.25. The molecule has 1 saturated heterocycles. The molecule has 3 aromatic rings. The Bertz CT molecular complexity index is 890. The molecule has 5 nitrogen and oxygen atoms in total. The summed E-state index contributed by atoms with van der Waals surface area (Å²) in [7, 11) is 0. The highest BCUT2D eigenvalue weighted by molar-refractivity contribution is 5.86. The molecule has 134 valence electrons. The van der Waals surface area contributed by atoms with Gasteiger partial charge in [-0.3, -0.25) is 0 Å². The maximum absolute atomic E-state index is 9.24. The van der Waals surface area contributed by atoms with Gasteiger partial charge in [0, 0.05) is 30.9 Å². The van der Waals surface area contributed by atoms with E-state index in [-0.39, 0.29) is 12.6 Å². The molecule has 1 atom stereocenters. The Morgan fingerprint density at radius 2 is 1.85 bits per heavy atom. The second-order valence-corrected chi connectivity index (χ2v) is 6.97. The fourth-order valence-corrected chi connectivity index (χ4v) is 3.69. The molecule has 1 aromatic heterocycles. The summed E-state index contributed by atoms with van der Waals surface area (Å²) in [6.45, 7) is 1.80. The van der Waals surface area contributed by atoms with Crippen LogP contribution >= 0.6 is 0 Å². The van der Waals surface area contributed by atoms with Crippen LogP contribution in [0.1, 0.15) is 12.8 Å². The van der Waals surface area contributed by atoms with Gasteiger partial charge in [0.2, 0.25) is 5.95 Å². The van der Waals surface area contributed by atoms with Crippen LogP contribution in [0, 0.1) is 5.92 Å². The van der Waals surface area contributed by atoms with Crippen molar-refractivity contribution in [2.45, 2.75) is 18.9 Å². The number of aromatic nitrogens is 2. The van der Waals surface area contributed by atoms with Crippen LogP contribution in [0.25, 0.3) is 22.0 Å². The van der Waals surface area contributed by atoms with Crippen molar-refractivity contribution in [2.75, 3.05) is 24.6 Å². The van der Waals surface area contributed by atoms with Crippen LogP contribution in [0.4, 0.5) is 5.95 Å². The molecule has 26 heavy (non-hydrogen) atoms. The lowest BCUT2D eigenvalue weighted by Crippen LogP contribution is -2.43. The van der Waals surface area contributed by atoms with Crippen molar-refractivity contribution in [3.05, 3.63) is 54.7 Å². The van der Waals surface area contributed by atoms with Gasteiger partial charge in [-0.1, -0.05) is 36.4 Å². The Labute approximate surface area is 153 Å². The summed E-state index contributed by atoms with van der Waals surface area (Å²) in [6, 6.07) is 16.6. The number of aliphatic hydroxyl groups is 1. The molecule has 0 saturated carbocycles. The molecule has 4 rings (SSSR count). The van der Waals surface area contributed by atoms with Gasteiger partial charge in [0.1, 0.15) is 0 Å². The normalized spacial score (nSPS) is 16.8. The van der Waals surface area contributed by atoms with Crippen molar-refractivity contribution >= 4 is 16.7 Å². The van der Waals surface area contributed by atoms with E-state index in [1.54, 1.807) is 0 Å². The number of hydrogen-bond acceptors (Lipinski definition) is 5. The average molecular weight is 348 g/mol. The van der Waals surface area contributed by atoms with Crippen molar-refractivity contribution < 1.29 is 5.11 Å². The molecule has 2 aromatic carbocycles. The maximum atomic E-state index is 9.24. The quantitative estimate of drug-likeness (QED) is 0.758. The first-order valence-electron chi connectivity index (χ1n) is 9.18. The average Bonchev–Trinajstić information content (AvgIpc) is 2.73. The second kappa shape index (κ2) is 7.40. The lowest BCUT2D eigenvalue weighted by Gasteiger charge is -2.34. The van der Waals surface area contributed by atoms with Crippen LogP contribution in [-0.2, 0) is 0 Å². The van der Waals surface area contributed by atoms with E-state index in [1.807, 2.05) is 12.3 Å². The van der Waals surface area contributed by atoms with Crippen molar-refractivity contribution in [2.24, 2.45) is 11.7 Å². The van der Waals surface area contributed by atoms with E-state index in [1.165, 1.54) is 10.8 Å². The lowest BCUT2D eigenvalue weighted by molar-refractivity contribution is 0.208. The Balaban J connectivity index is 1.55. The molecule has 0 spiro atoms. The van der Waals surface area contributed by atoms with Gasteiger partial charge in [0.15, 0.2) is 0 Å². The van der Waals surface area contributed by atoms with E-state index in [9.17, 15) is 5.11 Å². The maximum Gasteiger partial charge on any atom is 0.225 e. The summed E-state index contributed by atoms with van der Waals surface area (Å²) >= 11 is 0. The smallest absolute Gasteiger partial charge is 0.225 e. The number of piperidine rings is 1. The van der Waals surface area contributed by atoms with Crippen LogP contribution in [0.3, 0.4) is 0 Å². The molecule has 0 radical (unpaired) electrons. The zero-order chi connectivity index (χ0) is 17.9. The van der Waals surface area contributed by atoms with Crippen LogP contribution < -0.4 is 10.6 Å². The molecule has 0 bridgehead atoms. The topological polar surface area (TPSA) is 75.3 Å². The first-order chi connectivity index (χ1) is 12.7. The molecule has 0 unspecified atom stereocenters. The van der Waals surface area contributed by atoms with Gasteiger partial charge in [-0.15, -0.1) is 0 Å². The third-order valence-corrected chi connectivity index (χ3v) is 5.33. The van der Waals surface area contributed by atoms with Crippen molar-refractivity contribution in [3.63, 3.8) is 0 Å². The first kappa shape index (κ1) is 16.9.